The number of nitrogens with two attached hydrogens (primary N) is 1. The third-order valence-corrected chi connectivity index (χ3v) is 4.40. The Labute approximate surface area is 125 Å². The standard InChI is InChI=1S/C16H21N3S/c1-10-9-15(6-5-14(10)7-8-17)20-16-18-12(3)11(2)13(4)19-16/h5-6,9H,7-8,17H2,1-4H3. The number of nitrogens with zero attached hydrogens (tertiary/aromatic N) is 2. The van der Waals surface area contributed by atoms with Crippen molar-refractivity contribution in [2.24, 2.45) is 5.73 Å². The van der Waals surface area contributed by atoms with Gasteiger partial charge < -0.3 is 5.73 Å². The Balaban J connectivity index is 2.24. The molecule has 2 rings (SSSR count). The van der Waals surface area contributed by atoms with Crippen LogP contribution in [0.15, 0.2) is 28.3 Å². The van der Waals surface area contributed by atoms with Gasteiger partial charge in [0.25, 0.3) is 0 Å². The van der Waals surface area contributed by atoms with Gasteiger partial charge in [-0.25, -0.2) is 9.97 Å². The third kappa shape index (κ3) is 3.38. The molecule has 1 aromatic heterocycles. The highest BCUT2D eigenvalue weighted by atomic mass is 32.2. The molecular formula is C16H21N3S. The molecule has 0 saturated heterocycles. The lowest BCUT2D eigenvalue weighted by atomic mass is 10.1. The van der Waals surface area contributed by atoms with Gasteiger partial charge >= 0.3 is 0 Å². The Kier molecular flexibility index (Phi) is 4.78. The van der Waals surface area contributed by atoms with E-state index in [1.807, 2.05) is 13.8 Å². The van der Waals surface area contributed by atoms with Crippen LogP contribution in [0.5, 0.6) is 0 Å². The lowest BCUT2D eigenvalue weighted by Crippen LogP contribution is -2.04. The molecule has 106 valence electrons. The van der Waals surface area contributed by atoms with Crippen LogP contribution >= 0.6 is 11.8 Å². The van der Waals surface area contributed by atoms with E-state index < -0.39 is 0 Å². The van der Waals surface area contributed by atoms with E-state index in [0.29, 0.717) is 6.54 Å². The van der Waals surface area contributed by atoms with Crippen molar-refractivity contribution in [3.05, 3.63) is 46.3 Å². The van der Waals surface area contributed by atoms with E-state index in [1.165, 1.54) is 21.6 Å². The van der Waals surface area contributed by atoms with E-state index in [1.54, 1.807) is 11.8 Å². The van der Waals surface area contributed by atoms with Gasteiger partial charge in [0, 0.05) is 16.3 Å². The zero-order valence-electron chi connectivity index (χ0n) is 12.5. The molecule has 0 aliphatic heterocycles. The van der Waals surface area contributed by atoms with E-state index in [4.69, 9.17) is 5.73 Å². The van der Waals surface area contributed by atoms with Crippen LogP contribution in [0, 0.1) is 27.7 Å². The lowest BCUT2D eigenvalue weighted by Gasteiger charge is -2.09. The van der Waals surface area contributed by atoms with Gasteiger partial charge in [0.1, 0.15) is 0 Å². The van der Waals surface area contributed by atoms with E-state index >= 15 is 0 Å². The van der Waals surface area contributed by atoms with Crippen molar-refractivity contribution in [2.75, 3.05) is 6.54 Å². The predicted octanol–water partition coefficient (Wildman–Crippen LogP) is 3.36. The first-order valence-electron chi connectivity index (χ1n) is 6.80. The summed E-state index contributed by atoms with van der Waals surface area (Å²) in [5, 5.41) is 0.816. The van der Waals surface area contributed by atoms with Crippen molar-refractivity contribution < 1.29 is 0 Å². The molecule has 3 nitrogen and oxygen atoms in total. The summed E-state index contributed by atoms with van der Waals surface area (Å²) in [6.45, 7) is 8.94. The minimum absolute atomic E-state index is 0.687. The van der Waals surface area contributed by atoms with Gasteiger partial charge in [-0.1, -0.05) is 6.07 Å². The maximum atomic E-state index is 5.61. The van der Waals surface area contributed by atoms with Gasteiger partial charge in [-0.05, 0) is 81.2 Å². The Morgan fingerprint density at radius 3 is 2.25 bits per heavy atom. The minimum atomic E-state index is 0.687. The Hall–Kier alpha value is -1.39. The van der Waals surface area contributed by atoms with Gasteiger partial charge in [-0.3, -0.25) is 0 Å². The smallest absolute Gasteiger partial charge is 0.192 e. The number of hydrogen-bond donors (Lipinski definition) is 1. The molecule has 0 fully saturated rings. The average Bonchev–Trinajstić information content (AvgIpc) is 2.39. The van der Waals surface area contributed by atoms with E-state index in [-0.39, 0.29) is 0 Å². The summed E-state index contributed by atoms with van der Waals surface area (Å²) in [5.74, 6) is 0. The van der Waals surface area contributed by atoms with Crippen LogP contribution in [0.2, 0.25) is 0 Å². The van der Waals surface area contributed by atoms with Crippen LogP contribution in [0.1, 0.15) is 28.1 Å². The number of aryl methyl sites for hydroxylation is 3. The lowest BCUT2D eigenvalue weighted by molar-refractivity contribution is 0.880. The molecule has 20 heavy (non-hydrogen) atoms. The first-order valence-corrected chi connectivity index (χ1v) is 7.62. The zero-order valence-corrected chi connectivity index (χ0v) is 13.3. The first kappa shape index (κ1) is 15.0. The summed E-state index contributed by atoms with van der Waals surface area (Å²) in [4.78, 5) is 10.3. The second-order valence-electron chi connectivity index (χ2n) is 5.03. The number of aromatic nitrogens is 2. The molecule has 2 N–H and O–H groups in total. The molecule has 0 bridgehead atoms. The van der Waals surface area contributed by atoms with E-state index in [9.17, 15) is 0 Å². The van der Waals surface area contributed by atoms with Crippen molar-refractivity contribution in [1.29, 1.82) is 0 Å². The van der Waals surface area contributed by atoms with Crippen LogP contribution in [-0.2, 0) is 6.42 Å². The molecule has 0 aliphatic carbocycles. The molecule has 1 aromatic carbocycles. The van der Waals surface area contributed by atoms with Gasteiger partial charge in [-0.15, -0.1) is 0 Å². The van der Waals surface area contributed by atoms with Crippen LogP contribution < -0.4 is 5.73 Å². The van der Waals surface area contributed by atoms with E-state index in [2.05, 4.69) is 42.0 Å². The normalized spacial score (nSPS) is 10.8. The summed E-state index contributed by atoms with van der Waals surface area (Å²) >= 11 is 1.61. The number of benzene rings is 1. The molecule has 4 heteroatoms. The first-order chi connectivity index (χ1) is 9.51. The maximum Gasteiger partial charge on any atom is 0.192 e. The fourth-order valence-corrected chi connectivity index (χ4v) is 3.01. The fourth-order valence-electron chi connectivity index (χ4n) is 2.06. The highest BCUT2D eigenvalue weighted by molar-refractivity contribution is 7.99. The SMILES string of the molecule is Cc1cc(Sc2nc(C)c(C)c(C)n2)ccc1CCN. The Morgan fingerprint density at radius 1 is 1.05 bits per heavy atom. The second-order valence-corrected chi connectivity index (χ2v) is 6.07. The summed E-state index contributed by atoms with van der Waals surface area (Å²) in [6, 6.07) is 6.46. The van der Waals surface area contributed by atoms with Crippen LogP contribution in [-0.4, -0.2) is 16.5 Å². The molecule has 0 radical (unpaired) electrons. The molecule has 1 heterocycles. The summed E-state index contributed by atoms with van der Waals surface area (Å²) in [6.07, 6.45) is 0.927. The second kappa shape index (κ2) is 6.37. The van der Waals surface area contributed by atoms with Crippen LogP contribution in [0.3, 0.4) is 0 Å². The molecule has 0 spiro atoms. The molecule has 0 atom stereocenters. The number of rotatable bonds is 4. The van der Waals surface area contributed by atoms with Gasteiger partial charge in [0.15, 0.2) is 5.16 Å². The number of hydrogen-bond acceptors (Lipinski definition) is 4. The van der Waals surface area contributed by atoms with Crippen molar-refractivity contribution in [2.45, 2.75) is 44.2 Å². The van der Waals surface area contributed by atoms with E-state index in [0.717, 1.165) is 23.0 Å². The summed E-state index contributed by atoms with van der Waals surface area (Å²) in [5.41, 5.74) is 11.5. The topological polar surface area (TPSA) is 51.8 Å². The largest absolute Gasteiger partial charge is 0.330 e. The Morgan fingerprint density at radius 2 is 1.70 bits per heavy atom. The highest BCUT2D eigenvalue weighted by Gasteiger charge is 2.07. The molecule has 2 aromatic rings. The minimum Gasteiger partial charge on any atom is -0.330 e. The monoisotopic (exact) mass is 287 g/mol. The molecule has 0 aliphatic rings. The average molecular weight is 287 g/mol. The van der Waals surface area contributed by atoms with Crippen molar-refractivity contribution >= 4 is 11.8 Å². The fraction of sp³-hybridized carbons (Fsp3) is 0.375. The van der Waals surface area contributed by atoms with Gasteiger partial charge in [0.2, 0.25) is 0 Å². The molecule has 0 unspecified atom stereocenters. The maximum absolute atomic E-state index is 5.61. The summed E-state index contributed by atoms with van der Waals surface area (Å²) < 4.78 is 0. The van der Waals surface area contributed by atoms with Gasteiger partial charge in [0.05, 0.1) is 0 Å². The highest BCUT2D eigenvalue weighted by Crippen LogP contribution is 2.27. The quantitative estimate of drug-likeness (QED) is 0.876. The van der Waals surface area contributed by atoms with Crippen molar-refractivity contribution in [3.63, 3.8) is 0 Å². The Bertz CT molecular complexity index is 600. The predicted molar refractivity (Wildman–Crippen MR) is 84.3 cm³/mol. The van der Waals surface area contributed by atoms with Crippen molar-refractivity contribution in [3.8, 4) is 0 Å². The summed E-state index contributed by atoms with van der Waals surface area (Å²) in [7, 11) is 0. The van der Waals surface area contributed by atoms with Crippen molar-refractivity contribution in [1.82, 2.24) is 9.97 Å². The zero-order chi connectivity index (χ0) is 14.7. The third-order valence-electron chi connectivity index (χ3n) is 3.55. The van der Waals surface area contributed by atoms with Gasteiger partial charge in [-0.2, -0.15) is 0 Å². The van der Waals surface area contributed by atoms with Crippen LogP contribution in [0.4, 0.5) is 0 Å². The molecular weight excluding hydrogens is 266 g/mol. The van der Waals surface area contributed by atoms with Crippen LogP contribution in [0.25, 0.3) is 0 Å². The molecule has 0 saturated carbocycles. The molecule has 0 amide bonds.